The van der Waals surface area contributed by atoms with Crippen LogP contribution >= 0.6 is 0 Å². The molecule has 0 aliphatic heterocycles. The molecule has 0 saturated heterocycles. The van der Waals surface area contributed by atoms with Crippen LogP contribution in [0.2, 0.25) is 0 Å². The van der Waals surface area contributed by atoms with Crippen molar-refractivity contribution in [1.82, 2.24) is 0 Å². The van der Waals surface area contributed by atoms with Crippen molar-refractivity contribution in [3.63, 3.8) is 0 Å². The van der Waals surface area contributed by atoms with Crippen LogP contribution in [0.15, 0.2) is 239 Å². The number of hydrogen-bond acceptors (Lipinski definition) is 2. The summed E-state index contributed by atoms with van der Waals surface area (Å²) in [5.74, 6) is 0. The van der Waals surface area contributed by atoms with Crippen LogP contribution in [0.4, 0.5) is 0 Å². The second-order valence-electron chi connectivity index (χ2n) is 17.6. The number of hydrogen-bond donors (Lipinski definition) is 0. The van der Waals surface area contributed by atoms with E-state index in [-0.39, 0.29) is 0 Å². The first-order valence-electron chi connectivity index (χ1n) is 22.6. The van der Waals surface area contributed by atoms with E-state index < -0.39 is 0 Å². The molecule has 0 unspecified atom stereocenters. The number of para-hydroxylation sites is 2. The number of furan rings is 2. The molecule has 306 valence electrons. The van der Waals surface area contributed by atoms with Crippen LogP contribution in [0.25, 0.3) is 143 Å². The molecule has 66 heavy (non-hydrogen) atoms. The highest BCUT2D eigenvalue weighted by molar-refractivity contribution is 6.38. The van der Waals surface area contributed by atoms with E-state index in [9.17, 15) is 0 Å². The summed E-state index contributed by atoms with van der Waals surface area (Å²) in [6.45, 7) is 0. The van der Waals surface area contributed by atoms with Crippen LogP contribution in [0, 0.1) is 0 Å². The second-order valence-corrected chi connectivity index (χ2v) is 17.6. The molecule has 12 aromatic carbocycles. The van der Waals surface area contributed by atoms with Crippen LogP contribution in [0.3, 0.4) is 0 Å². The molecular formula is C64H38O2. The van der Waals surface area contributed by atoms with Gasteiger partial charge in [0.25, 0.3) is 0 Å². The molecule has 14 aromatic rings. The third-order valence-corrected chi connectivity index (χ3v) is 13.7. The predicted molar refractivity (Wildman–Crippen MR) is 277 cm³/mol. The van der Waals surface area contributed by atoms with Gasteiger partial charge in [-0.3, -0.25) is 0 Å². The van der Waals surface area contributed by atoms with E-state index in [1.165, 1.54) is 66.1 Å². The van der Waals surface area contributed by atoms with Gasteiger partial charge in [-0.25, -0.2) is 0 Å². The smallest absolute Gasteiger partial charge is 0.143 e. The molecule has 0 spiro atoms. The lowest BCUT2D eigenvalue weighted by Crippen LogP contribution is -1.94. The SMILES string of the molecule is c1ccc(-c2cc(-c3ccccc3)cc(-c3cc4c5oc6ccccc6c5cc5c(-c6cc(-c7ccccc7)cc(-c7ccccc7)c6)cc6c7oc8ccccc8c7cc3c6c54)c2)cc1. The normalized spacial score (nSPS) is 11.9. The van der Waals surface area contributed by atoms with Crippen molar-refractivity contribution in [3.05, 3.63) is 231 Å². The minimum absolute atomic E-state index is 0.875. The first-order chi connectivity index (χ1) is 32.7. The second kappa shape index (κ2) is 14.4. The molecule has 0 bridgehead atoms. The van der Waals surface area contributed by atoms with Crippen LogP contribution < -0.4 is 0 Å². The van der Waals surface area contributed by atoms with Crippen molar-refractivity contribution < 1.29 is 8.83 Å². The Bertz CT molecular complexity index is 3790. The summed E-state index contributed by atoms with van der Waals surface area (Å²) in [5.41, 5.74) is 17.5. The maximum Gasteiger partial charge on any atom is 0.143 e. The highest BCUT2D eigenvalue weighted by Gasteiger charge is 2.25. The summed E-state index contributed by atoms with van der Waals surface area (Å²) in [4.78, 5) is 0. The molecule has 0 aliphatic rings. The minimum atomic E-state index is 0.875. The highest BCUT2D eigenvalue weighted by atomic mass is 16.3. The van der Waals surface area contributed by atoms with Gasteiger partial charge in [-0.15, -0.1) is 0 Å². The van der Waals surface area contributed by atoms with Gasteiger partial charge in [0.15, 0.2) is 0 Å². The van der Waals surface area contributed by atoms with Crippen molar-refractivity contribution in [2.75, 3.05) is 0 Å². The zero-order valence-corrected chi connectivity index (χ0v) is 35.8. The van der Waals surface area contributed by atoms with Gasteiger partial charge in [0.1, 0.15) is 22.3 Å². The van der Waals surface area contributed by atoms with E-state index in [2.05, 4.69) is 231 Å². The Morgan fingerprint density at radius 2 is 0.500 bits per heavy atom. The maximum atomic E-state index is 7.00. The third-order valence-electron chi connectivity index (χ3n) is 13.7. The fourth-order valence-electron chi connectivity index (χ4n) is 10.7. The van der Waals surface area contributed by atoms with E-state index in [4.69, 9.17) is 8.83 Å². The van der Waals surface area contributed by atoms with Crippen molar-refractivity contribution in [2.45, 2.75) is 0 Å². The molecule has 14 rings (SSSR count). The van der Waals surface area contributed by atoms with Crippen LogP contribution in [-0.2, 0) is 0 Å². The molecule has 0 fully saturated rings. The largest absolute Gasteiger partial charge is 0.455 e. The van der Waals surface area contributed by atoms with Gasteiger partial charge in [0.2, 0.25) is 0 Å². The summed E-state index contributed by atoms with van der Waals surface area (Å²) in [7, 11) is 0. The van der Waals surface area contributed by atoms with E-state index in [1.54, 1.807) is 0 Å². The Balaban J connectivity index is 1.17. The van der Waals surface area contributed by atoms with Crippen molar-refractivity contribution in [3.8, 4) is 66.8 Å². The lowest BCUT2D eigenvalue weighted by atomic mass is 9.82. The fraction of sp³-hybridized carbons (Fsp3) is 0. The summed E-state index contributed by atoms with van der Waals surface area (Å²) >= 11 is 0. The van der Waals surface area contributed by atoms with Gasteiger partial charge in [0, 0.05) is 43.1 Å². The van der Waals surface area contributed by atoms with Gasteiger partial charge < -0.3 is 8.83 Å². The summed E-state index contributed by atoms with van der Waals surface area (Å²) in [6.07, 6.45) is 0. The minimum Gasteiger partial charge on any atom is -0.455 e. The van der Waals surface area contributed by atoms with E-state index >= 15 is 0 Å². The molecule has 0 aliphatic carbocycles. The summed E-state index contributed by atoms with van der Waals surface area (Å²) in [6, 6.07) is 83.6. The molecular weight excluding hydrogens is 801 g/mol. The quantitative estimate of drug-likeness (QED) is 0.156. The standard InChI is InChI=1S/C64H38O2/c1-5-17-39(18-6-1)43-29-44(40-19-7-2-8-20-40)32-47(31-43)51-35-57-62-54(38-56-50-26-14-16-28-60(50)65-63(56)57)52(36-58-61(62)53(51)37-55-49-25-13-15-27-59(49)66-64(55)58)48-33-45(41-21-9-3-10-22-41)30-46(34-48)42-23-11-4-12-24-42/h1-38H. The van der Waals surface area contributed by atoms with Crippen LogP contribution in [0.5, 0.6) is 0 Å². The van der Waals surface area contributed by atoms with E-state index in [1.807, 2.05) is 0 Å². The molecule has 2 nitrogen and oxygen atoms in total. The van der Waals surface area contributed by atoms with Gasteiger partial charge in [0.05, 0.1) is 0 Å². The monoisotopic (exact) mass is 838 g/mol. The van der Waals surface area contributed by atoms with Gasteiger partial charge in [-0.1, -0.05) is 158 Å². The fourth-order valence-corrected chi connectivity index (χ4v) is 10.7. The van der Waals surface area contributed by atoms with E-state index in [0.29, 0.717) is 0 Å². The van der Waals surface area contributed by atoms with Gasteiger partial charge in [-0.05, 0) is 150 Å². The highest BCUT2D eigenvalue weighted by Crippen LogP contribution is 2.52. The van der Waals surface area contributed by atoms with Gasteiger partial charge in [-0.2, -0.15) is 0 Å². The average Bonchev–Trinajstić information content (AvgIpc) is 3.97. The summed E-state index contributed by atoms with van der Waals surface area (Å²) in [5, 5.41) is 11.3. The summed E-state index contributed by atoms with van der Waals surface area (Å²) < 4.78 is 14.0. The lowest BCUT2D eigenvalue weighted by molar-refractivity contribution is 0.672. The Hall–Kier alpha value is -8.72. The Kier molecular flexibility index (Phi) is 8.02. The molecule has 2 heteroatoms. The Morgan fingerprint density at radius 3 is 0.848 bits per heavy atom. The Labute approximate surface area is 380 Å². The van der Waals surface area contributed by atoms with Crippen LogP contribution in [0.1, 0.15) is 0 Å². The number of fused-ring (bicyclic) bond motifs is 8. The molecule has 0 N–H and O–H groups in total. The number of benzene rings is 12. The molecule has 2 aromatic heterocycles. The Morgan fingerprint density at radius 1 is 0.197 bits per heavy atom. The van der Waals surface area contributed by atoms with Crippen molar-refractivity contribution in [1.29, 1.82) is 0 Å². The zero-order chi connectivity index (χ0) is 43.3. The third kappa shape index (κ3) is 5.68. The predicted octanol–water partition coefficient (Wildman–Crippen LogP) is 18.4. The molecule has 2 heterocycles. The molecule has 0 radical (unpaired) electrons. The molecule has 0 atom stereocenters. The van der Waals surface area contributed by atoms with Gasteiger partial charge >= 0.3 is 0 Å². The first kappa shape index (κ1) is 36.7. The van der Waals surface area contributed by atoms with E-state index in [0.717, 1.165) is 76.9 Å². The lowest BCUT2D eigenvalue weighted by Gasteiger charge is -2.20. The van der Waals surface area contributed by atoms with Crippen molar-refractivity contribution >= 4 is 76.2 Å². The van der Waals surface area contributed by atoms with Crippen LogP contribution in [-0.4, -0.2) is 0 Å². The molecule has 0 amide bonds. The average molecular weight is 839 g/mol. The topological polar surface area (TPSA) is 26.3 Å². The zero-order valence-electron chi connectivity index (χ0n) is 35.8. The first-order valence-corrected chi connectivity index (χ1v) is 22.6. The maximum absolute atomic E-state index is 7.00. The van der Waals surface area contributed by atoms with Crippen molar-refractivity contribution in [2.24, 2.45) is 0 Å². The molecule has 0 saturated carbocycles. The number of rotatable bonds is 6.